The molecule has 0 aliphatic carbocycles. The number of carbonyl (C=O) groups is 2. The van der Waals surface area contributed by atoms with Gasteiger partial charge in [0, 0.05) is 23.3 Å². The minimum absolute atomic E-state index is 0.0337. The zero-order valence-electron chi connectivity index (χ0n) is 16.4. The molecule has 0 fully saturated rings. The summed E-state index contributed by atoms with van der Waals surface area (Å²) >= 11 is 0. The Morgan fingerprint density at radius 2 is 1.93 bits per heavy atom. The van der Waals surface area contributed by atoms with Gasteiger partial charge in [-0.1, -0.05) is 18.2 Å². The Labute approximate surface area is 165 Å². The molecule has 2 N–H and O–H groups in total. The molecule has 6 heteroatoms. The number of nitrogens with zero attached hydrogens (tertiary/aromatic N) is 2. The van der Waals surface area contributed by atoms with E-state index in [1.54, 1.807) is 17.0 Å². The summed E-state index contributed by atoms with van der Waals surface area (Å²) in [6.45, 7) is 6.11. The molecule has 0 aromatic heterocycles. The Bertz CT molecular complexity index is 954. The van der Waals surface area contributed by atoms with Crippen molar-refractivity contribution in [1.82, 2.24) is 5.32 Å². The minimum Gasteiger partial charge on any atom is -0.333 e. The van der Waals surface area contributed by atoms with Crippen molar-refractivity contribution in [1.29, 1.82) is 5.26 Å². The average Bonchev–Trinajstić information content (AvgIpc) is 2.63. The molecule has 28 heavy (non-hydrogen) atoms. The number of benzene rings is 2. The van der Waals surface area contributed by atoms with Crippen molar-refractivity contribution < 1.29 is 9.59 Å². The number of hydrogen-bond acceptors (Lipinski definition) is 3. The van der Waals surface area contributed by atoms with Crippen LogP contribution in [-0.4, -0.2) is 17.5 Å². The normalized spacial score (nSPS) is 13.5. The summed E-state index contributed by atoms with van der Waals surface area (Å²) in [6.07, 6.45) is 1.03. The summed E-state index contributed by atoms with van der Waals surface area (Å²) in [5.41, 5.74) is 3.58. The van der Waals surface area contributed by atoms with E-state index in [0.717, 1.165) is 16.8 Å². The molecule has 144 valence electrons. The maximum Gasteiger partial charge on any atom is 0.319 e. The first kappa shape index (κ1) is 19.4. The second-order valence-electron chi connectivity index (χ2n) is 7.92. The molecule has 1 aliphatic rings. The number of hydrogen-bond donors (Lipinski definition) is 2. The lowest BCUT2D eigenvalue weighted by Gasteiger charge is -2.30. The molecule has 1 heterocycles. The fourth-order valence-corrected chi connectivity index (χ4v) is 3.25. The molecule has 0 bridgehead atoms. The SMILES string of the molecule is CC(C)(C)NC(=O)Nc1ccc2c(c1)CCC(=O)N2Cc1ccccc1C#N. The van der Waals surface area contributed by atoms with Crippen LogP contribution in [0.15, 0.2) is 42.5 Å². The first-order valence-electron chi connectivity index (χ1n) is 9.27. The van der Waals surface area contributed by atoms with Gasteiger partial charge in [0.25, 0.3) is 0 Å². The van der Waals surface area contributed by atoms with Crippen molar-refractivity contribution >= 4 is 23.3 Å². The van der Waals surface area contributed by atoms with Gasteiger partial charge in [-0.3, -0.25) is 4.79 Å². The van der Waals surface area contributed by atoms with E-state index < -0.39 is 0 Å². The third-order valence-electron chi connectivity index (χ3n) is 4.49. The van der Waals surface area contributed by atoms with Crippen LogP contribution in [0.3, 0.4) is 0 Å². The van der Waals surface area contributed by atoms with Crippen LogP contribution < -0.4 is 15.5 Å². The number of aryl methyl sites for hydroxylation is 1. The number of amides is 3. The summed E-state index contributed by atoms with van der Waals surface area (Å²) < 4.78 is 0. The highest BCUT2D eigenvalue weighted by Crippen LogP contribution is 2.32. The first-order chi connectivity index (χ1) is 13.3. The van der Waals surface area contributed by atoms with Gasteiger partial charge in [-0.2, -0.15) is 5.26 Å². The number of fused-ring (bicyclic) bond motifs is 1. The van der Waals surface area contributed by atoms with Crippen molar-refractivity contribution in [3.05, 3.63) is 59.2 Å². The van der Waals surface area contributed by atoms with Crippen molar-refractivity contribution in [3.8, 4) is 6.07 Å². The van der Waals surface area contributed by atoms with Gasteiger partial charge in [0.15, 0.2) is 0 Å². The molecule has 0 atom stereocenters. The smallest absolute Gasteiger partial charge is 0.319 e. The van der Waals surface area contributed by atoms with Gasteiger partial charge in [-0.25, -0.2) is 4.79 Å². The Hall–Kier alpha value is -3.33. The van der Waals surface area contributed by atoms with Gasteiger partial charge in [0.1, 0.15) is 0 Å². The molecule has 0 unspecified atom stereocenters. The van der Waals surface area contributed by atoms with Gasteiger partial charge in [0.05, 0.1) is 18.2 Å². The number of rotatable bonds is 3. The summed E-state index contributed by atoms with van der Waals surface area (Å²) in [6, 6.07) is 14.8. The predicted octanol–water partition coefficient (Wildman–Crippen LogP) is 3.96. The van der Waals surface area contributed by atoms with E-state index in [1.165, 1.54) is 0 Å². The summed E-state index contributed by atoms with van der Waals surface area (Å²) in [5, 5.41) is 15.0. The van der Waals surface area contributed by atoms with Crippen molar-refractivity contribution in [2.24, 2.45) is 0 Å². The van der Waals surface area contributed by atoms with E-state index in [-0.39, 0.29) is 17.5 Å². The van der Waals surface area contributed by atoms with E-state index in [1.807, 2.05) is 51.1 Å². The Kier molecular flexibility index (Phi) is 5.36. The Balaban J connectivity index is 1.83. The van der Waals surface area contributed by atoms with Crippen LogP contribution in [-0.2, 0) is 17.8 Å². The van der Waals surface area contributed by atoms with E-state index in [9.17, 15) is 14.9 Å². The summed E-state index contributed by atoms with van der Waals surface area (Å²) in [5.74, 6) is 0.0337. The van der Waals surface area contributed by atoms with Crippen LogP contribution >= 0.6 is 0 Å². The number of carbonyl (C=O) groups excluding carboxylic acids is 2. The highest BCUT2D eigenvalue weighted by atomic mass is 16.2. The quantitative estimate of drug-likeness (QED) is 0.850. The second-order valence-corrected chi connectivity index (χ2v) is 7.92. The summed E-state index contributed by atoms with van der Waals surface area (Å²) in [4.78, 5) is 26.4. The predicted molar refractivity (Wildman–Crippen MR) is 109 cm³/mol. The summed E-state index contributed by atoms with van der Waals surface area (Å²) in [7, 11) is 0. The lowest BCUT2D eigenvalue weighted by molar-refractivity contribution is -0.119. The lowest BCUT2D eigenvalue weighted by Crippen LogP contribution is -2.43. The number of anilines is 2. The first-order valence-corrected chi connectivity index (χ1v) is 9.27. The topological polar surface area (TPSA) is 85.2 Å². The molecule has 2 aromatic carbocycles. The van der Waals surface area contributed by atoms with Gasteiger partial charge < -0.3 is 15.5 Å². The van der Waals surface area contributed by atoms with Gasteiger partial charge >= 0.3 is 6.03 Å². The molecule has 0 radical (unpaired) electrons. The van der Waals surface area contributed by atoms with Gasteiger partial charge in [0.2, 0.25) is 5.91 Å². The van der Waals surface area contributed by atoms with Crippen LogP contribution in [0.25, 0.3) is 0 Å². The van der Waals surface area contributed by atoms with Crippen molar-refractivity contribution in [2.45, 2.75) is 45.7 Å². The molecular formula is C22H24N4O2. The molecule has 0 saturated carbocycles. The van der Waals surface area contributed by atoms with E-state index >= 15 is 0 Å². The Morgan fingerprint density at radius 1 is 1.18 bits per heavy atom. The molecule has 2 aromatic rings. The zero-order chi connectivity index (χ0) is 20.3. The minimum atomic E-state index is -0.324. The van der Waals surface area contributed by atoms with Crippen LogP contribution in [0.1, 0.15) is 43.9 Å². The van der Waals surface area contributed by atoms with Crippen LogP contribution in [0.5, 0.6) is 0 Å². The van der Waals surface area contributed by atoms with Crippen LogP contribution in [0.4, 0.5) is 16.2 Å². The van der Waals surface area contributed by atoms with Crippen molar-refractivity contribution in [3.63, 3.8) is 0 Å². The largest absolute Gasteiger partial charge is 0.333 e. The number of urea groups is 1. The maximum absolute atomic E-state index is 12.5. The third kappa shape index (κ3) is 4.49. The fraction of sp³-hybridized carbons (Fsp3) is 0.318. The molecule has 3 rings (SSSR count). The molecule has 6 nitrogen and oxygen atoms in total. The highest BCUT2D eigenvalue weighted by Gasteiger charge is 2.25. The van der Waals surface area contributed by atoms with Crippen LogP contribution in [0.2, 0.25) is 0 Å². The second kappa shape index (κ2) is 7.73. The molecule has 1 aliphatic heterocycles. The highest BCUT2D eigenvalue weighted by molar-refractivity contribution is 5.97. The van der Waals surface area contributed by atoms with Crippen LogP contribution in [0, 0.1) is 11.3 Å². The van der Waals surface area contributed by atoms with E-state index in [0.29, 0.717) is 30.6 Å². The zero-order valence-corrected chi connectivity index (χ0v) is 16.4. The monoisotopic (exact) mass is 376 g/mol. The molecule has 0 saturated heterocycles. The number of nitrogens with one attached hydrogen (secondary N) is 2. The van der Waals surface area contributed by atoms with Gasteiger partial charge in [-0.15, -0.1) is 0 Å². The van der Waals surface area contributed by atoms with Crippen molar-refractivity contribution in [2.75, 3.05) is 10.2 Å². The lowest BCUT2D eigenvalue weighted by atomic mass is 9.99. The third-order valence-corrected chi connectivity index (χ3v) is 4.49. The standard InChI is InChI=1S/C22H24N4O2/c1-22(2,3)25-21(28)24-18-9-10-19-15(12-18)8-11-20(27)26(19)14-17-7-5-4-6-16(17)13-23/h4-7,9-10,12H,8,11,14H2,1-3H3,(H2,24,25,28). The van der Waals surface area contributed by atoms with E-state index in [4.69, 9.17) is 0 Å². The fourth-order valence-electron chi connectivity index (χ4n) is 3.25. The number of nitriles is 1. The molecule has 0 spiro atoms. The van der Waals surface area contributed by atoms with E-state index in [2.05, 4.69) is 16.7 Å². The van der Waals surface area contributed by atoms with Gasteiger partial charge in [-0.05, 0) is 62.6 Å². The maximum atomic E-state index is 12.5. The average molecular weight is 376 g/mol. The molecular weight excluding hydrogens is 352 g/mol. The molecule has 3 amide bonds. The Morgan fingerprint density at radius 3 is 2.64 bits per heavy atom.